The lowest BCUT2D eigenvalue weighted by Crippen LogP contribution is -2.71. The fourth-order valence-corrected chi connectivity index (χ4v) is 6.13. The number of hydrogen-bond donors (Lipinski definition) is 3. The number of β-lactam (4-membered cyclic amide) rings is 1. The van der Waals surface area contributed by atoms with Gasteiger partial charge in [0.25, 0.3) is 23.8 Å². The molecule has 2 atom stereocenters. The Morgan fingerprint density at radius 1 is 1.44 bits per heavy atom. The highest BCUT2D eigenvalue weighted by Gasteiger charge is 2.54. The number of rotatable bonds is 7. The molecule has 4 N–H and O–H groups in total. The van der Waals surface area contributed by atoms with Crippen molar-refractivity contribution < 1.29 is 28.9 Å². The summed E-state index contributed by atoms with van der Waals surface area (Å²) in [6.07, 6.45) is 3.44. The van der Waals surface area contributed by atoms with Crippen molar-refractivity contribution in [3.63, 3.8) is 0 Å². The Morgan fingerprint density at radius 3 is 2.94 bits per heavy atom. The minimum Gasteiger partial charge on any atom is -0.477 e. The molecule has 1 fully saturated rings. The average molecular weight is 530 g/mol. The van der Waals surface area contributed by atoms with E-state index >= 15 is 0 Å². The van der Waals surface area contributed by atoms with Gasteiger partial charge in [0.2, 0.25) is 0 Å². The Morgan fingerprint density at radius 2 is 2.25 bits per heavy atom. The van der Waals surface area contributed by atoms with E-state index in [9.17, 15) is 19.5 Å². The molecular formula is C21H21N8O5S2+. The zero-order valence-electron chi connectivity index (χ0n) is 19.1. The summed E-state index contributed by atoms with van der Waals surface area (Å²) < 4.78 is 3.57. The lowest BCUT2D eigenvalue weighted by molar-refractivity contribution is -0.664. The van der Waals surface area contributed by atoms with Crippen LogP contribution in [0.15, 0.2) is 46.5 Å². The lowest BCUT2D eigenvalue weighted by atomic mass is 10.0. The normalized spacial score (nSPS) is 19.8. The number of carboxylic acid groups (broad SMARTS) is 1. The Hall–Kier alpha value is -3.98. The third-order valence-electron chi connectivity index (χ3n) is 5.79. The number of pyridine rings is 1. The molecule has 0 aliphatic carbocycles. The quantitative estimate of drug-likeness (QED) is 0.162. The van der Waals surface area contributed by atoms with Gasteiger partial charge in [-0.25, -0.2) is 14.3 Å². The van der Waals surface area contributed by atoms with Crippen molar-refractivity contribution in [2.45, 2.75) is 24.9 Å². The van der Waals surface area contributed by atoms with Gasteiger partial charge in [-0.15, -0.1) is 23.1 Å². The molecule has 5 rings (SSSR count). The van der Waals surface area contributed by atoms with Crippen LogP contribution in [-0.4, -0.2) is 72.4 Å². The van der Waals surface area contributed by atoms with Gasteiger partial charge in [-0.05, 0) is 19.1 Å². The summed E-state index contributed by atoms with van der Waals surface area (Å²) >= 11 is 2.51. The number of fused-ring (bicyclic) bond motifs is 2. The Bertz CT molecular complexity index is 1460. The van der Waals surface area contributed by atoms with Crippen LogP contribution in [0.25, 0.3) is 5.65 Å². The second kappa shape index (κ2) is 9.23. The smallest absolute Gasteiger partial charge is 0.352 e. The maximum absolute atomic E-state index is 13.1. The van der Waals surface area contributed by atoms with Crippen LogP contribution in [0.5, 0.6) is 0 Å². The lowest BCUT2D eigenvalue weighted by Gasteiger charge is -2.49. The molecule has 3 aromatic rings. The van der Waals surface area contributed by atoms with Crippen LogP contribution >= 0.6 is 23.1 Å². The van der Waals surface area contributed by atoms with E-state index in [0.29, 0.717) is 11.3 Å². The molecule has 0 spiro atoms. The van der Waals surface area contributed by atoms with Crippen LogP contribution in [0.2, 0.25) is 0 Å². The summed E-state index contributed by atoms with van der Waals surface area (Å²) in [5.74, 6) is -2.04. The van der Waals surface area contributed by atoms with Crippen molar-refractivity contribution in [2.24, 2.45) is 5.16 Å². The first kappa shape index (κ1) is 23.7. The molecular weight excluding hydrogens is 508 g/mol. The second-order valence-corrected chi connectivity index (χ2v) is 10.0. The van der Waals surface area contributed by atoms with Crippen molar-refractivity contribution in [3.05, 3.63) is 52.6 Å². The number of aromatic nitrogens is 4. The van der Waals surface area contributed by atoms with E-state index in [2.05, 4.69) is 20.6 Å². The average Bonchev–Trinajstić information content (AvgIpc) is 3.47. The number of nitrogens with one attached hydrogen (secondary N) is 1. The maximum atomic E-state index is 13.1. The predicted octanol–water partition coefficient (Wildman–Crippen LogP) is -0.242. The predicted molar refractivity (Wildman–Crippen MR) is 130 cm³/mol. The van der Waals surface area contributed by atoms with Gasteiger partial charge < -0.3 is 21.0 Å². The topological polar surface area (TPSA) is 168 Å². The van der Waals surface area contributed by atoms with E-state index in [1.54, 1.807) is 16.2 Å². The van der Waals surface area contributed by atoms with Gasteiger partial charge in [0.1, 0.15) is 36.1 Å². The van der Waals surface area contributed by atoms with Gasteiger partial charge in [0, 0.05) is 27.4 Å². The first-order valence-electron chi connectivity index (χ1n) is 10.7. The number of oxime groups is 1. The van der Waals surface area contributed by atoms with E-state index in [4.69, 9.17) is 10.6 Å². The SMILES string of the molecule is CO/N=C(\C(=O)N[C@@H]1C(=O)N2C(C(=O)O)=C(C[n+]3cnn4cccc(C)c43)CS[C@@H]12)c1csc(N)n1. The minimum atomic E-state index is -1.21. The highest BCUT2D eigenvalue weighted by atomic mass is 32.2. The zero-order valence-corrected chi connectivity index (χ0v) is 20.7. The van der Waals surface area contributed by atoms with Gasteiger partial charge in [-0.2, -0.15) is 0 Å². The third kappa shape index (κ3) is 3.95. The molecule has 0 aromatic carbocycles. The Kier molecular flexibility index (Phi) is 6.09. The highest BCUT2D eigenvalue weighted by molar-refractivity contribution is 8.00. The maximum Gasteiger partial charge on any atom is 0.352 e. The van der Waals surface area contributed by atoms with Crippen LogP contribution < -0.4 is 15.6 Å². The first-order chi connectivity index (χ1) is 17.3. The number of hydrogen-bond acceptors (Lipinski definition) is 10. The van der Waals surface area contributed by atoms with Crippen molar-refractivity contribution in [2.75, 3.05) is 18.6 Å². The van der Waals surface area contributed by atoms with Crippen LogP contribution in [0.3, 0.4) is 0 Å². The molecule has 5 heterocycles. The minimum absolute atomic E-state index is 0.0762. The van der Waals surface area contributed by atoms with Crippen molar-refractivity contribution in [3.8, 4) is 0 Å². The summed E-state index contributed by atoms with van der Waals surface area (Å²) in [6, 6.07) is 2.89. The van der Waals surface area contributed by atoms with Crippen molar-refractivity contribution in [1.82, 2.24) is 24.8 Å². The number of carboxylic acids is 1. The molecule has 1 saturated heterocycles. The fourth-order valence-electron chi connectivity index (χ4n) is 4.25. The molecule has 0 unspecified atom stereocenters. The van der Waals surface area contributed by atoms with E-state index in [1.165, 1.54) is 23.8 Å². The number of thioether (sulfide) groups is 1. The summed E-state index contributed by atoms with van der Waals surface area (Å²) in [4.78, 5) is 48.2. The van der Waals surface area contributed by atoms with Gasteiger partial charge in [0.15, 0.2) is 10.8 Å². The van der Waals surface area contributed by atoms with Crippen LogP contribution in [0.1, 0.15) is 11.3 Å². The molecule has 0 bridgehead atoms. The number of nitrogens with zero attached hydrogens (tertiary/aromatic N) is 6. The number of aryl methyl sites for hydroxylation is 1. The molecule has 13 nitrogen and oxygen atoms in total. The van der Waals surface area contributed by atoms with Gasteiger partial charge >= 0.3 is 5.97 Å². The number of nitrogen functional groups attached to an aromatic ring is 1. The molecule has 0 saturated carbocycles. The molecule has 36 heavy (non-hydrogen) atoms. The Balaban J connectivity index is 1.38. The highest BCUT2D eigenvalue weighted by Crippen LogP contribution is 2.40. The molecule has 0 radical (unpaired) electrons. The van der Waals surface area contributed by atoms with Gasteiger partial charge in [0.05, 0.1) is 6.54 Å². The number of aliphatic carboxylic acids is 1. The van der Waals surface area contributed by atoms with E-state index in [1.807, 2.05) is 29.8 Å². The van der Waals surface area contributed by atoms with Crippen LogP contribution in [0.4, 0.5) is 5.13 Å². The van der Waals surface area contributed by atoms with E-state index < -0.39 is 29.2 Å². The van der Waals surface area contributed by atoms with Crippen molar-refractivity contribution in [1.29, 1.82) is 0 Å². The summed E-state index contributed by atoms with van der Waals surface area (Å²) in [6.45, 7) is 2.20. The van der Waals surface area contributed by atoms with Crippen LogP contribution in [-0.2, 0) is 25.8 Å². The number of thiazole rings is 1. The summed E-state index contributed by atoms with van der Waals surface area (Å²) in [7, 11) is 1.28. The van der Waals surface area contributed by atoms with Crippen LogP contribution in [0, 0.1) is 6.92 Å². The second-order valence-electron chi connectivity index (χ2n) is 8.03. The number of carbonyl (C=O) groups excluding carboxylic acids is 2. The van der Waals surface area contributed by atoms with E-state index in [-0.39, 0.29) is 28.8 Å². The number of nitrogens with two attached hydrogens (primary N) is 1. The molecule has 2 aliphatic rings. The molecule has 186 valence electrons. The first-order valence-corrected chi connectivity index (χ1v) is 12.6. The summed E-state index contributed by atoms with van der Waals surface area (Å²) in [5.41, 5.74) is 8.04. The molecule has 2 aliphatic heterocycles. The third-order valence-corrected chi connectivity index (χ3v) is 7.80. The monoisotopic (exact) mass is 529 g/mol. The fraction of sp³-hybridized carbons (Fsp3) is 0.286. The van der Waals surface area contributed by atoms with Crippen molar-refractivity contribution >= 4 is 57.4 Å². The number of amides is 2. The Labute approximate surface area is 212 Å². The molecule has 2 amide bonds. The van der Waals surface area contributed by atoms with E-state index in [0.717, 1.165) is 22.5 Å². The zero-order chi connectivity index (χ0) is 25.6. The largest absolute Gasteiger partial charge is 0.477 e. The standard InChI is InChI=1S/C21H20N8O5S2/c1-10-4-3-5-28-17(10)27(9-23-28)6-11-7-35-19-14(18(31)29(19)15(11)20(32)33)25-16(30)13(26-34-2)12-8-36-21(22)24-12/h3-5,8-9,14,19H,6-7H2,1-2H3,(H3-,22,24,25,30,32,33)/p+1/b26-13-/t14-,19+/m1/s1. The number of anilines is 1. The molecule has 15 heteroatoms. The molecule has 3 aromatic heterocycles. The number of carbonyl (C=O) groups is 3. The van der Waals surface area contributed by atoms with Gasteiger partial charge in [-0.1, -0.05) is 9.67 Å². The summed E-state index contributed by atoms with van der Waals surface area (Å²) in [5, 5.41) is 21.9. The van der Waals surface area contributed by atoms with Gasteiger partial charge in [-0.3, -0.25) is 14.5 Å².